The van der Waals surface area contributed by atoms with Crippen LogP contribution in [0.3, 0.4) is 0 Å². The molecule has 2 saturated carbocycles. The third-order valence-electron chi connectivity index (χ3n) is 3.82. The number of halogens is 1. The summed E-state index contributed by atoms with van der Waals surface area (Å²) in [7, 11) is 0. The van der Waals surface area contributed by atoms with Crippen LogP contribution in [0.15, 0.2) is 0 Å². The van der Waals surface area contributed by atoms with E-state index in [0.717, 1.165) is 22.3 Å². The molecule has 2 aliphatic carbocycles. The average Bonchev–Trinajstić information content (AvgIpc) is 2.88. The van der Waals surface area contributed by atoms with Gasteiger partial charge in [-0.2, -0.15) is 0 Å². The van der Waals surface area contributed by atoms with Crippen molar-refractivity contribution in [1.82, 2.24) is 0 Å². The van der Waals surface area contributed by atoms with Gasteiger partial charge in [-0.1, -0.05) is 0 Å². The average molecular weight is 408 g/mol. The Kier molecular flexibility index (Phi) is 5.23. The van der Waals surface area contributed by atoms with Gasteiger partial charge in [-0.3, -0.25) is 0 Å². The first-order valence-corrected chi connectivity index (χ1v) is 12.9. The Hall–Kier alpha value is 1.84. The van der Waals surface area contributed by atoms with E-state index in [1.807, 2.05) is 0 Å². The van der Waals surface area contributed by atoms with Gasteiger partial charge in [0.05, 0.1) is 10.7 Å². The van der Waals surface area contributed by atoms with Gasteiger partial charge in [-0.15, -0.1) is 23.5 Å². The molecule has 5 heteroatoms. The molecule has 1 N–H and O–H groups in total. The van der Waals surface area contributed by atoms with Crippen molar-refractivity contribution in [2.75, 3.05) is 6.61 Å². The summed E-state index contributed by atoms with van der Waals surface area (Å²) in [5.74, 6) is 1.97. The minimum atomic E-state index is 0.122. The van der Waals surface area contributed by atoms with Gasteiger partial charge in [0.25, 0.3) is 0 Å². The van der Waals surface area contributed by atoms with Gasteiger partial charge in [0.1, 0.15) is 0 Å². The van der Waals surface area contributed by atoms with Crippen molar-refractivity contribution >= 4 is 48.7 Å². The Morgan fingerprint density at radius 3 is 2.19 bits per heavy atom. The molecule has 4 unspecified atom stereocenters. The Morgan fingerprint density at radius 2 is 1.81 bits per heavy atom. The predicted octanol–water partition coefficient (Wildman–Crippen LogP) is 3.19. The van der Waals surface area contributed by atoms with Crippen molar-refractivity contribution in [3.8, 4) is 0 Å². The van der Waals surface area contributed by atoms with E-state index in [1.165, 1.54) is 19.3 Å². The minimum absolute atomic E-state index is 0.122. The van der Waals surface area contributed by atoms with Gasteiger partial charge in [0.15, 0.2) is 0 Å². The summed E-state index contributed by atoms with van der Waals surface area (Å²) in [6.07, 6.45) is 4.40. The first-order valence-electron chi connectivity index (χ1n) is 5.67. The van der Waals surface area contributed by atoms with E-state index in [2.05, 4.69) is 55.7 Å². The molecule has 1 nitrogen and oxygen atoms in total. The van der Waals surface area contributed by atoms with Crippen LogP contribution in [0.2, 0.25) is 0 Å². The van der Waals surface area contributed by atoms with Gasteiger partial charge in [-0.05, 0) is 38.0 Å². The summed E-state index contributed by atoms with van der Waals surface area (Å²) in [6.45, 7) is 2.55. The number of aliphatic hydroxyl groups excluding tert-OH is 1. The fraction of sp³-hybridized carbons (Fsp3) is 0.909. The predicted molar refractivity (Wildman–Crippen MR) is 80.2 cm³/mol. The topological polar surface area (TPSA) is 20.2 Å². The molecule has 0 radical (unpaired) electrons. The van der Waals surface area contributed by atoms with E-state index < -0.39 is 0 Å². The van der Waals surface area contributed by atoms with Crippen LogP contribution >= 0.6 is 43.5 Å². The number of fused-ring (bicyclic) bond motifs is 5. The van der Waals surface area contributed by atoms with E-state index >= 15 is 0 Å². The molecule has 1 heterocycles. The van der Waals surface area contributed by atoms with Crippen LogP contribution < -0.4 is 0 Å². The Labute approximate surface area is 124 Å². The molecule has 0 spiro atoms. The fourth-order valence-corrected chi connectivity index (χ4v) is 7.31. The molecular formula is C11H18IOS2V. The van der Waals surface area contributed by atoms with E-state index in [1.54, 1.807) is 0 Å². The third-order valence-corrected chi connectivity index (χ3v) is 7.73. The zero-order valence-electron chi connectivity index (χ0n) is 9.43. The summed E-state index contributed by atoms with van der Waals surface area (Å²) in [5.41, 5.74) is 0. The second-order valence-corrected chi connectivity index (χ2v) is 11.7. The number of thioether (sulfide) groups is 2. The van der Waals surface area contributed by atoms with Gasteiger partial charge >= 0.3 is 37.6 Å². The monoisotopic (exact) mass is 408 g/mol. The van der Waals surface area contributed by atoms with Crippen LogP contribution in [0.4, 0.5) is 0 Å². The molecular weight excluding hydrogens is 390 g/mol. The summed E-state index contributed by atoms with van der Waals surface area (Å²) >= 11 is 6.80. The second-order valence-electron chi connectivity index (χ2n) is 4.91. The molecule has 3 rings (SSSR count). The Bertz CT molecular complexity index is 259. The summed E-state index contributed by atoms with van der Waals surface area (Å²) in [6, 6.07) is 0. The normalized spacial score (nSPS) is 48.4. The molecule has 4 atom stereocenters. The fourth-order valence-electron chi connectivity index (χ4n) is 3.19. The van der Waals surface area contributed by atoms with Crippen LogP contribution in [0.25, 0.3) is 0 Å². The van der Waals surface area contributed by atoms with Gasteiger partial charge < -0.3 is 5.11 Å². The molecule has 3 aliphatic rings. The van der Waals surface area contributed by atoms with Crippen molar-refractivity contribution in [2.24, 2.45) is 11.8 Å². The van der Waals surface area contributed by atoms with E-state index in [0.29, 0.717) is 19.0 Å². The van der Waals surface area contributed by atoms with Gasteiger partial charge in [-0.25, -0.2) is 0 Å². The van der Waals surface area contributed by atoms with Crippen LogP contribution in [0.5, 0.6) is 0 Å². The Balaban J connectivity index is 0.000000292. The van der Waals surface area contributed by atoms with Crippen molar-refractivity contribution in [2.45, 2.75) is 40.8 Å². The molecule has 92 valence electrons. The van der Waals surface area contributed by atoms with E-state index in [9.17, 15) is 5.11 Å². The van der Waals surface area contributed by atoms with Crippen molar-refractivity contribution < 1.29 is 17.5 Å². The number of hydrogen-bond acceptors (Lipinski definition) is 3. The summed E-state index contributed by atoms with van der Waals surface area (Å²) in [4.78, 5) is 0. The third kappa shape index (κ3) is 2.72. The zero-order chi connectivity index (χ0) is 11.8. The van der Waals surface area contributed by atoms with E-state index in [-0.39, 0.29) is 4.08 Å². The summed E-state index contributed by atoms with van der Waals surface area (Å²) in [5, 5.41) is 14.6. The maximum atomic E-state index is 9.33. The van der Waals surface area contributed by atoms with Crippen LogP contribution in [0.1, 0.15) is 26.2 Å². The molecule has 0 aromatic heterocycles. The van der Waals surface area contributed by atoms with Crippen LogP contribution in [-0.4, -0.2) is 31.5 Å². The van der Waals surface area contributed by atoms with E-state index in [4.69, 9.17) is 0 Å². The van der Waals surface area contributed by atoms with Crippen molar-refractivity contribution in [3.05, 3.63) is 0 Å². The molecule has 16 heavy (non-hydrogen) atoms. The quantitative estimate of drug-likeness (QED) is 0.674. The molecule has 3 fully saturated rings. The van der Waals surface area contributed by atoms with Crippen LogP contribution in [0, 0.1) is 11.8 Å². The second kappa shape index (κ2) is 5.87. The number of rotatable bonds is 1. The molecule has 2 bridgehead atoms. The van der Waals surface area contributed by atoms with Gasteiger partial charge in [0, 0.05) is 10.5 Å². The zero-order valence-corrected chi connectivity index (χ0v) is 14.6. The molecule has 1 aliphatic heterocycles. The van der Waals surface area contributed by atoms with Crippen LogP contribution in [-0.2, 0) is 12.4 Å². The Morgan fingerprint density at radius 1 is 1.38 bits per heavy atom. The molecule has 1 saturated heterocycles. The maximum absolute atomic E-state index is 9.33. The number of hydrogen-bond donors (Lipinski definition) is 1. The molecule has 0 aromatic carbocycles. The van der Waals surface area contributed by atoms with Crippen molar-refractivity contribution in [1.29, 1.82) is 0 Å². The van der Waals surface area contributed by atoms with Crippen molar-refractivity contribution in [3.63, 3.8) is 0 Å². The standard InChI is InChI=1S/C10H16OS2.CH2.HI.V/c1-10(5-11)12-8-6-2-3-7(4-6)9(8)13-10;;;/h6-9,11H,2-5H2,1H3;1H2;1H;/q;;;+1/p-1. The first-order chi connectivity index (χ1) is 7.63. The van der Waals surface area contributed by atoms with Gasteiger partial charge in [0.2, 0.25) is 0 Å². The number of aliphatic hydroxyl groups is 1. The SMILES string of the molecule is CC1(CO)SC2C3CCC(C3)C2S1.[CH2]=[V][I]. The first kappa shape index (κ1) is 14.3. The molecule has 0 amide bonds. The summed E-state index contributed by atoms with van der Waals surface area (Å²) < 4.78 is 0.122. The molecule has 0 aromatic rings.